The van der Waals surface area contributed by atoms with Crippen LogP contribution in [0.2, 0.25) is 25.7 Å². The van der Waals surface area contributed by atoms with Crippen molar-refractivity contribution in [3.05, 3.63) is 35.6 Å². The molecule has 1 nitrogen and oxygen atoms in total. The third-order valence-corrected chi connectivity index (χ3v) is 4.82. The lowest BCUT2D eigenvalue weighted by Gasteiger charge is -2.25. The first-order valence-corrected chi connectivity index (χ1v) is 10.6. The highest BCUT2D eigenvalue weighted by Gasteiger charge is 2.20. The van der Waals surface area contributed by atoms with Gasteiger partial charge in [-0.05, 0) is 43.1 Å². The summed E-state index contributed by atoms with van der Waals surface area (Å²) in [7, 11) is -1.05. The smallest absolute Gasteiger partial charge is 0.123 e. The minimum absolute atomic E-state index is 0.146. The van der Waals surface area contributed by atoms with Gasteiger partial charge >= 0.3 is 0 Å². The number of halogens is 1. The fraction of sp³-hybridized carbons (Fsp3) is 0.600. The van der Waals surface area contributed by atoms with Crippen LogP contribution < -0.4 is 5.32 Å². The van der Waals surface area contributed by atoms with E-state index in [4.69, 9.17) is 0 Å². The molecule has 1 aromatic rings. The predicted molar refractivity (Wildman–Crippen MR) is 80.3 cm³/mol. The summed E-state index contributed by atoms with van der Waals surface area (Å²) in [4.78, 5) is 0. The standard InChI is InChI=1S/C15H26FNSi/c1-5-17-11-14(12-18(2,3)4)10-13-6-8-15(16)9-7-13/h6-9,14,17H,5,10-12H2,1-4H3. The van der Waals surface area contributed by atoms with E-state index in [1.54, 1.807) is 12.1 Å². The first kappa shape index (κ1) is 15.4. The second-order valence-corrected chi connectivity index (χ2v) is 11.8. The first-order valence-electron chi connectivity index (χ1n) is 6.86. The largest absolute Gasteiger partial charge is 0.317 e. The van der Waals surface area contributed by atoms with Gasteiger partial charge in [-0.25, -0.2) is 4.39 Å². The summed E-state index contributed by atoms with van der Waals surface area (Å²) in [6.45, 7) is 11.5. The van der Waals surface area contributed by atoms with Gasteiger partial charge in [-0.2, -0.15) is 0 Å². The van der Waals surface area contributed by atoms with E-state index in [1.165, 1.54) is 11.6 Å². The van der Waals surface area contributed by atoms with Gasteiger partial charge in [0.15, 0.2) is 0 Å². The van der Waals surface area contributed by atoms with Crippen LogP contribution in [0.1, 0.15) is 12.5 Å². The Labute approximate surface area is 112 Å². The van der Waals surface area contributed by atoms with Crippen LogP contribution in [0.4, 0.5) is 4.39 Å². The van der Waals surface area contributed by atoms with Gasteiger partial charge in [0.1, 0.15) is 5.82 Å². The molecule has 1 atom stereocenters. The van der Waals surface area contributed by atoms with E-state index >= 15 is 0 Å². The van der Waals surface area contributed by atoms with E-state index in [9.17, 15) is 4.39 Å². The second-order valence-electron chi connectivity index (χ2n) is 6.27. The summed E-state index contributed by atoms with van der Waals surface area (Å²) >= 11 is 0. The molecule has 1 N–H and O–H groups in total. The first-order chi connectivity index (χ1) is 8.40. The molecule has 1 rings (SSSR count). The van der Waals surface area contributed by atoms with Crippen LogP contribution >= 0.6 is 0 Å². The molecule has 0 aromatic heterocycles. The van der Waals surface area contributed by atoms with Gasteiger partial charge in [-0.15, -0.1) is 0 Å². The van der Waals surface area contributed by atoms with Crippen LogP contribution in [-0.4, -0.2) is 21.2 Å². The molecular weight excluding hydrogens is 241 g/mol. The van der Waals surface area contributed by atoms with Crippen molar-refractivity contribution in [3.63, 3.8) is 0 Å². The van der Waals surface area contributed by atoms with Crippen molar-refractivity contribution in [1.29, 1.82) is 0 Å². The molecule has 0 radical (unpaired) electrons. The Kier molecular flexibility index (Phi) is 6.02. The van der Waals surface area contributed by atoms with E-state index in [0.717, 1.165) is 19.5 Å². The summed E-state index contributed by atoms with van der Waals surface area (Å²) in [5, 5.41) is 3.45. The highest BCUT2D eigenvalue weighted by Crippen LogP contribution is 2.20. The molecular formula is C15H26FNSi. The number of nitrogens with one attached hydrogen (secondary N) is 1. The van der Waals surface area contributed by atoms with Gasteiger partial charge in [-0.3, -0.25) is 0 Å². The second kappa shape index (κ2) is 7.05. The van der Waals surface area contributed by atoms with Gasteiger partial charge in [0, 0.05) is 8.07 Å². The zero-order chi connectivity index (χ0) is 13.6. The fourth-order valence-electron chi connectivity index (χ4n) is 2.38. The zero-order valence-corrected chi connectivity index (χ0v) is 13.1. The Hall–Kier alpha value is -0.673. The van der Waals surface area contributed by atoms with Crippen LogP contribution in [0.25, 0.3) is 0 Å². The zero-order valence-electron chi connectivity index (χ0n) is 12.1. The third kappa shape index (κ3) is 6.31. The lowest BCUT2D eigenvalue weighted by molar-refractivity contribution is 0.515. The number of benzene rings is 1. The Bertz CT molecular complexity index is 343. The molecule has 0 spiro atoms. The molecule has 3 heteroatoms. The van der Waals surface area contributed by atoms with Crippen LogP contribution in [0.15, 0.2) is 24.3 Å². The van der Waals surface area contributed by atoms with Crippen molar-refractivity contribution in [2.75, 3.05) is 13.1 Å². The van der Waals surface area contributed by atoms with Crippen LogP contribution in [0.3, 0.4) is 0 Å². The third-order valence-electron chi connectivity index (χ3n) is 3.02. The topological polar surface area (TPSA) is 12.0 Å². The Morgan fingerprint density at radius 1 is 1.17 bits per heavy atom. The average molecular weight is 267 g/mol. The van der Waals surface area contributed by atoms with Crippen LogP contribution in [0.5, 0.6) is 0 Å². The molecule has 1 unspecified atom stereocenters. The molecule has 0 aliphatic rings. The van der Waals surface area contributed by atoms with Crippen LogP contribution in [-0.2, 0) is 6.42 Å². The quantitative estimate of drug-likeness (QED) is 0.738. The Balaban J connectivity index is 2.62. The van der Waals surface area contributed by atoms with Crippen molar-refractivity contribution in [2.24, 2.45) is 5.92 Å². The molecule has 0 amide bonds. The molecule has 0 saturated heterocycles. The maximum Gasteiger partial charge on any atom is 0.123 e. The highest BCUT2D eigenvalue weighted by molar-refractivity contribution is 6.76. The normalized spacial score (nSPS) is 13.6. The van der Waals surface area contributed by atoms with Gasteiger partial charge in [0.05, 0.1) is 0 Å². The van der Waals surface area contributed by atoms with Crippen molar-refractivity contribution < 1.29 is 4.39 Å². The number of rotatable bonds is 7. The monoisotopic (exact) mass is 267 g/mol. The van der Waals surface area contributed by atoms with E-state index < -0.39 is 8.07 Å². The Morgan fingerprint density at radius 3 is 2.28 bits per heavy atom. The predicted octanol–water partition coefficient (Wildman–Crippen LogP) is 3.93. The van der Waals surface area contributed by atoms with Crippen molar-refractivity contribution in [3.8, 4) is 0 Å². The molecule has 0 aliphatic carbocycles. The average Bonchev–Trinajstić information content (AvgIpc) is 2.27. The van der Waals surface area contributed by atoms with Gasteiger partial charge in [0.25, 0.3) is 0 Å². The Morgan fingerprint density at radius 2 is 1.78 bits per heavy atom. The van der Waals surface area contributed by atoms with Gasteiger partial charge in [0.2, 0.25) is 0 Å². The lowest BCUT2D eigenvalue weighted by atomic mass is 10.0. The molecule has 18 heavy (non-hydrogen) atoms. The fourth-order valence-corrected chi connectivity index (χ4v) is 4.41. The molecule has 0 fully saturated rings. The molecule has 0 aliphatic heterocycles. The van der Waals surface area contributed by atoms with Crippen LogP contribution in [0, 0.1) is 11.7 Å². The summed E-state index contributed by atoms with van der Waals surface area (Å²) in [5.41, 5.74) is 1.25. The summed E-state index contributed by atoms with van der Waals surface area (Å²) in [6.07, 6.45) is 1.05. The molecule has 1 aromatic carbocycles. The van der Waals surface area contributed by atoms with Crippen molar-refractivity contribution in [2.45, 2.75) is 39.0 Å². The summed E-state index contributed by atoms with van der Waals surface area (Å²) in [5.74, 6) is 0.522. The van der Waals surface area contributed by atoms with E-state index in [2.05, 4.69) is 31.9 Å². The summed E-state index contributed by atoms with van der Waals surface area (Å²) < 4.78 is 12.9. The van der Waals surface area contributed by atoms with E-state index in [-0.39, 0.29) is 5.82 Å². The molecule has 102 valence electrons. The SMILES string of the molecule is CCNCC(Cc1ccc(F)cc1)C[Si](C)(C)C. The van der Waals surface area contributed by atoms with Crippen molar-refractivity contribution in [1.82, 2.24) is 5.32 Å². The van der Waals surface area contributed by atoms with E-state index in [0.29, 0.717) is 5.92 Å². The van der Waals surface area contributed by atoms with Gasteiger partial charge < -0.3 is 5.32 Å². The maximum absolute atomic E-state index is 12.9. The van der Waals surface area contributed by atoms with Crippen molar-refractivity contribution >= 4 is 8.07 Å². The van der Waals surface area contributed by atoms with E-state index in [1.807, 2.05) is 12.1 Å². The number of hydrogen-bond acceptors (Lipinski definition) is 1. The van der Waals surface area contributed by atoms with Gasteiger partial charge in [-0.1, -0.05) is 44.7 Å². The minimum atomic E-state index is -1.05. The molecule has 0 saturated carbocycles. The minimum Gasteiger partial charge on any atom is -0.317 e. The highest BCUT2D eigenvalue weighted by atomic mass is 28.3. The molecule has 0 bridgehead atoms. The number of hydrogen-bond donors (Lipinski definition) is 1. The maximum atomic E-state index is 12.9. The summed E-state index contributed by atoms with van der Waals surface area (Å²) in [6, 6.07) is 8.27. The molecule has 0 heterocycles. The lowest BCUT2D eigenvalue weighted by Crippen LogP contribution is -2.31.